The van der Waals surface area contributed by atoms with Crippen molar-refractivity contribution < 1.29 is 14.6 Å². The molecule has 0 spiro atoms. The Morgan fingerprint density at radius 3 is 2.76 bits per heavy atom. The molecule has 2 rings (SSSR count). The van der Waals surface area contributed by atoms with Crippen LogP contribution in [0, 0.1) is 5.92 Å². The Kier molecular flexibility index (Phi) is 6.05. The molecule has 4 heteroatoms. The van der Waals surface area contributed by atoms with E-state index in [1.165, 1.54) is 5.56 Å². The fourth-order valence-corrected chi connectivity index (χ4v) is 2.79. The van der Waals surface area contributed by atoms with Crippen molar-refractivity contribution in [2.24, 2.45) is 5.92 Å². The highest BCUT2D eigenvalue weighted by molar-refractivity contribution is 5.70. The van der Waals surface area contributed by atoms with Gasteiger partial charge in [0.25, 0.3) is 0 Å². The first-order valence-corrected chi connectivity index (χ1v) is 7.87. The van der Waals surface area contributed by atoms with Crippen LogP contribution in [-0.4, -0.2) is 23.7 Å². The van der Waals surface area contributed by atoms with Crippen LogP contribution in [0.3, 0.4) is 0 Å². The molecule has 0 bridgehead atoms. The molecular formula is C17H25NO3. The van der Waals surface area contributed by atoms with Crippen LogP contribution in [-0.2, 0) is 11.3 Å². The van der Waals surface area contributed by atoms with E-state index in [4.69, 9.17) is 9.84 Å². The molecular weight excluding hydrogens is 266 g/mol. The van der Waals surface area contributed by atoms with Crippen LogP contribution >= 0.6 is 0 Å². The van der Waals surface area contributed by atoms with E-state index < -0.39 is 5.97 Å². The lowest BCUT2D eigenvalue weighted by molar-refractivity contribution is -0.143. The summed E-state index contributed by atoms with van der Waals surface area (Å²) in [6.07, 6.45) is 4.64. The summed E-state index contributed by atoms with van der Waals surface area (Å²) in [4.78, 5) is 11.1. The SMILES string of the molecule is CCCOc1ccc(CNC2CCCC(C(=O)O)C2)cc1. The average molecular weight is 291 g/mol. The van der Waals surface area contributed by atoms with Gasteiger partial charge in [-0.1, -0.05) is 25.5 Å². The maximum absolute atomic E-state index is 11.1. The van der Waals surface area contributed by atoms with E-state index in [9.17, 15) is 4.79 Å². The van der Waals surface area contributed by atoms with Gasteiger partial charge in [-0.2, -0.15) is 0 Å². The highest BCUT2D eigenvalue weighted by Crippen LogP contribution is 2.24. The molecule has 0 aliphatic heterocycles. The minimum Gasteiger partial charge on any atom is -0.494 e. The molecule has 1 aliphatic carbocycles. The van der Waals surface area contributed by atoms with Crippen LogP contribution in [0.25, 0.3) is 0 Å². The number of carboxylic acids is 1. The van der Waals surface area contributed by atoms with E-state index in [0.717, 1.165) is 51.0 Å². The zero-order valence-corrected chi connectivity index (χ0v) is 12.7. The molecule has 0 radical (unpaired) electrons. The standard InChI is InChI=1S/C17H25NO3/c1-2-10-21-16-8-6-13(7-9-16)12-18-15-5-3-4-14(11-15)17(19)20/h6-9,14-15,18H,2-5,10-12H2,1H3,(H,19,20). The zero-order chi connectivity index (χ0) is 15.1. The molecule has 2 unspecified atom stereocenters. The van der Waals surface area contributed by atoms with E-state index in [0.29, 0.717) is 6.04 Å². The number of hydrogen-bond acceptors (Lipinski definition) is 3. The molecule has 2 atom stereocenters. The highest BCUT2D eigenvalue weighted by atomic mass is 16.5. The molecule has 1 aromatic carbocycles. The third-order valence-electron chi connectivity index (χ3n) is 4.01. The van der Waals surface area contributed by atoms with Crippen molar-refractivity contribution in [2.75, 3.05) is 6.61 Å². The fourth-order valence-electron chi connectivity index (χ4n) is 2.79. The smallest absolute Gasteiger partial charge is 0.306 e. The fraction of sp³-hybridized carbons (Fsp3) is 0.588. The molecule has 0 aromatic heterocycles. The molecule has 1 aliphatic rings. The van der Waals surface area contributed by atoms with Crippen LogP contribution in [0.2, 0.25) is 0 Å². The lowest BCUT2D eigenvalue weighted by Gasteiger charge is -2.27. The lowest BCUT2D eigenvalue weighted by Crippen LogP contribution is -2.36. The summed E-state index contributed by atoms with van der Waals surface area (Å²) in [5.41, 5.74) is 1.20. The number of rotatable bonds is 7. The topological polar surface area (TPSA) is 58.6 Å². The summed E-state index contributed by atoms with van der Waals surface area (Å²) in [5, 5.41) is 12.6. The van der Waals surface area contributed by atoms with Gasteiger partial charge in [0, 0.05) is 12.6 Å². The van der Waals surface area contributed by atoms with Crippen molar-refractivity contribution in [1.29, 1.82) is 0 Å². The Morgan fingerprint density at radius 2 is 2.10 bits per heavy atom. The van der Waals surface area contributed by atoms with Crippen LogP contribution in [0.4, 0.5) is 0 Å². The molecule has 1 saturated carbocycles. The van der Waals surface area contributed by atoms with Gasteiger partial charge >= 0.3 is 5.97 Å². The number of hydrogen-bond donors (Lipinski definition) is 2. The molecule has 1 aromatic rings. The van der Waals surface area contributed by atoms with Gasteiger partial charge in [0.15, 0.2) is 0 Å². The molecule has 4 nitrogen and oxygen atoms in total. The van der Waals surface area contributed by atoms with Gasteiger partial charge in [-0.15, -0.1) is 0 Å². The second-order valence-corrected chi connectivity index (χ2v) is 5.77. The van der Waals surface area contributed by atoms with Crippen LogP contribution < -0.4 is 10.1 Å². The Hall–Kier alpha value is -1.55. The summed E-state index contributed by atoms with van der Waals surface area (Å²) >= 11 is 0. The number of carboxylic acid groups (broad SMARTS) is 1. The second kappa shape index (κ2) is 8.03. The molecule has 0 heterocycles. The third kappa shape index (κ3) is 5.05. The largest absolute Gasteiger partial charge is 0.494 e. The Labute approximate surface area is 126 Å². The van der Waals surface area contributed by atoms with Gasteiger partial charge in [0.1, 0.15) is 5.75 Å². The van der Waals surface area contributed by atoms with E-state index in [-0.39, 0.29) is 5.92 Å². The van der Waals surface area contributed by atoms with Crippen molar-refractivity contribution >= 4 is 5.97 Å². The van der Waals surface area contributed by atoms with Gasteiger partial charge < -0.3 is 15.2 Å². The van der Waals surface area contributed by atoms with Crippen LogP contribution in [0.15, 0.2) is 24.3 Å². The molecule has 21 heavy (non-hydrogen) atoms. The third-order valence-corrected chi connectivity index (χ3v) is 4.01. The minimum atomic E-state index is -0.654. The Balaban J connectivity index is 1.78. The molecule has 116 valence electrons. The van der Waals surface area contributed by atoms with Crippen molar-refractivity contribution in [3.63, 3.8) is 0 Å². The number of ether oxygens (including phenoxy) is 1. The van der Waals surface area contributed by atoms with E-state index in [1.54, 1.807) is 0 Å². The van der Waals surface area contributed by atoms with Gasteiger partial charge in [-0.3, -0.25) is 4.79 Å². The second-order valence-electron chi connectivity index (χ2n) is 5.77. The Morgan fingerprint density at radius 1 is 1.33 bits per heavy atom. The lowest BCUT2D eigenvalue weighted by atomic mass is 9.86. The average Bonchev–Trinajstić information content (AvgIpc) is 2.52. The molecule has 1 fully saturated rings. The number of carbonyl (C=O) groups is 1. The van der Waals surface area contributed by atoms with Gasteiger partial charge in [0.05, 0.1) is 12.5 Å². The first-order chi connectivity index (χ1) is 10.2. The Bertz CT molecular complexity index is 444. The summed E-state index contributed by atoms with van der Waals surface area (Å²) in [7, 11) is 0. The number of nitrogens with one attached hydrogen (secondary N) is 1. The number of aliphatic carboxylic acids is 1. The minimum absolute atomic E-state index is 0.180. The van der Waals surface area contributed by atoms with Crippen LogP contribution in [0.1, 0.15) is 44.6 Å². The molecule has 2 N–H and O–H groups in total. The van der Waals surface area contributed by atoms with Crippen molar-refractivity contribution in [3.8, 4) is 5.75 Å². The summed E-state index contributed by atoms with van der Waals surface area (Å²) < 4.78 is 5.56. The predicted molar refractivity (Wildman–Crippen MR) is 82.4 cm³/mol. The number of benzene rings is 1. The molecule has 0 amide bonds. The quantitative estimate of drug-likeness (QED) is 0.810. The summed E-state index contributed by atoms with van der Waals surface area (Å²) in [6, 6.07) is 8.43. The summed E-state index contributed by atoms with van der Waals surface area (Å²) in [6.45, 7) is 3.62. The van der Waals surface area contributed by atoms with Gasteiger partial charge in [-0.25, -0.2) is 0 Å². The van der Waals surface area contributed by atoms with Crippen molar-refractivity contribution in [1.82, 2.24) is 5.32 Å². The first-order valence-electron chi connectivity index (χ1n) is 7.87. The zero-order valence-electron chi connectivity index (χ0n) is 12.7. The first kappa shape index (κ1) is 15.8. The van der Waals surface area contributed by atoms with Crippen molar-refractivity contribution in [3.05, 3.63) is 29.8 Å². The van der Waals surface area contributed by atoms with Crippen LogP contribution in [0.5, 0.6) is 5.75 Å². The maximum Gasteiger partial charge on any atom is 0.306 e. The van der Waals surface area contributed by atoms with Gasteiger partial charge in [0.2, 0.25) is 0 Å². The van der Waals surface area contributed by atoms with E-state index in [1.807, 2.05) is 12.1 Å². The predicted octanol–water partition coefficient (Wildman–Crippen LogP) is 3.21. The molecule has 0 saturated heterocycles. The van der Waals surface area contributed by atoms with Gasteiger partial charge in [-0.05, 0) is 43.4 Å². The monoisotopic (exact) mass is 291 g/mol. The maximum atomic E-state index is 11.1. The summed E-state index contributed by atoms with van der Waals surface area (Å²) in [5.74, 6) is 0.0733. The van der Waals surface area contributed by atoms with E-state index in [2.05, 4.69) is 24.4 Å². The highest BCUT2D eigenvalue weighted by Gasteiger charge is 2.26. The normalized spacial score (nSPS) is 22.0. The van der Waals surface area contributed by atoms with Crippen molar-refractivity contribution in [2.45, 2.75) is 51.6 Å². The van der Waals surface area contributed by atoms with E-state index >= 15 is 0 Å².